The minimum absolute atomic E-state index is 0.0662. The van der Waals surface area contributed by atoms with E-state index in [-0.39, 0.29) is 5.02 Å². The zero-order valence-electron chi connectivity index (χ0n) is 12.2. The first-order valence-electron chi connectivity index (χ1n) is 6.54. The van der Waals surface area contributed by atoms with Crippen LogP contribution in [0, 0.1) is 19.7 Å². The molecule has 0 aliphatic rings. The van der Waals surface area contributed by atoms with Gasteiger partial charge in [-0.2, -0.15) is 0 Å². The Balaban J connectivity index is 2.64. The Labute approximate surface area is 128 Å². The predicted octanol–water partition coefficient (Wildman–Crippen LogP) is 3.66. The van der Waals surface area contributed by atoms with Crippen LogP contribution in [0.4, 0.5) is 4.39 Å². The van der Waals surface area contributed by atoms with E-state index in [4.69, 9.17) is 22.2 Å². The molecule has 0 radical (unpaired) electrons. The van der Waals surface area contributed by atoms with E-state index in [2.05, 4.69) is 5.43 Å². The van der Waals surface area contributed by atoms with Crippen molar-refractivity contribution in [2.24, 2.45) is 5.84 Å². The fraction of sp³-hybridized carbons (Fsp3) is 0.250. The predicted molar refractivity (Wildman–Crippen MR) is 83.0 cm³/mol. The fourth-order valence-electron chi connectivity index (χ4n) is 2.55. The molecule has 21 heavy (non-hydrogen) atoms. The van der Waals surface area contributed by atoms with Crippen molar-refractivity contribution in [1.29, 1.82) is 0 Å². The minimum Gasteiger partial charge on any atom is -0.496 e. The van der Waals surface area contributed by atoms with E-state index in [0.29, 0.717) is 11.3 Å². The van der Waals surface area contributed by atoms with Gasteiger partial charge in [-0.3, -0.25) is 5.84 Å². The molecule has 0 aromatic heterocycles. The van der Waals surface area contributed by atoms with Crippen molar-refractivity contribution >= 4 is 11.6 Å². The smallest absolute Gasteiger partial charge is 0.146 e. The van der Waals surface area contributed by atoms with Gasteiger partial charge in [0.2, 0.25) is 0 Å². The lowest BCUT2D eigenvalue weighted by atomic mass is 9.93. The van der Waals surface area contributed by atoms with Gasteiger partial charge in [0, 0.05) is 11.1 Å². The number of halogens is 2. The summed E-state index contributed by atoms with van der Waals surface area (Å²) in [5, 5.41) is 0.0662. The maximum Gasteiger partial charge on any atom is 0.146 e. The molecule has 0 saturated heterocycles. The van der Waals surface area contributed by atoms with Crippen LogP contribution in [0.3, 0.4) is 0 Å². The molecule has 0 amide bonds. The van der Waals surface area contributed by atoms with Crippen molar-refractivity contribution in [1.82, 2.24) is 5.43 Å². The monoisotopic (exact) mass is 308 g/mol. The Bertz CT molecular complexity index is 661. The van der Waals surface area contributed by atoms with Crippen molar-refractivity contribution in [3.63, 3.8) is 0 Å². The highest BCUT2D eigenvalue weighted by molar-refractivity contribution is 6.30. The average molecular weight is 309 g/mol. The summed E-state index contributed by atoms with van der Waals surface area (Å²) in [6.07, 6.45) is 0. The Hall–Kier alpha value is -1.62. The average Bonchev–Trinajstić information content (AvgIpc) is 2.45. The summed E-state index contributed by atoms with van der Waals surface area (Å²) >= 11 is 5.87. The van der Waals surface area contributed by atoms with Crippen LogP contribution in [-0.4, -0.2) is 7.11 Å². The zero-order chi connectivity index (χ0) is 15.6. The summed E-state index contributed by atoms with van der Waals surface area (Å²) in [6, 6.07) is 8.22. The van der Waals surface area contributed by atoms with Crippen LogP contribution in [0.1, 0.15) is 28.3 Å². The maximum absolute atomic E-state index is 14.3. The molecule has 112 valence electrons. The van der Waals surface area contributed by atoms with Gasteiger partial charge in [0.15, 0.2) is 0 Å². The molecular weight excluding hydrogens is 291 g/mol. The van der Waals surface area contributed by atoms with Crippen molar-refractivity contribution in [3.8, 4) is 5.75 Å². The first kappa shape index (κ1) is 15.8. The molecule has 0 aliphatic heterocycles. The molecule has 0 heterocycles. The molecule has 1 unspecified atom stereocenters. The highest BCUT2D eigenvalue weighted by atomic mass is 35.5. The van der Waals surface area contributed by atoms with Crippen LogP contribution in [0.2, 0.25) is 5.02 Å². The lowest BCUT2D eigenvalue weighted by Gasteiger charge is -2.23. The second kappa shape index (κ2) is 6.43. The van der Waals surface area contributed by atoms with Gasteiger partial charge in [0.05, 0.1) is 18.2 Å². The SMILES string of the molecule is COc1cc(C)cc(C)c1C(NN)c1cccc(Cl)c1F. The van der Waals surface area contributed by atoms with Gasteiger partial charge >= 0.3 is 0 Å². The van der Waals surface area contributed by atoms with Crippen LogP contribution in [0.25, 0.3) is 0 Å². The zero-order valence-corrected chi connectivity index (χ0v) is 13.0. The van der Waals surface area contributed by atoms with Crippen molar-refractivity contribution in [2.45, 2.75) is 19.9 Å². The van der Waals surface area contributed by atoms with E-state index in [1.807, 2.05) is 26.0 Å². The molecule has 0 bridgehead atoms. The number of hydrazine groups is 1. The lowest BCUT2D eigenvalue weighted by Crippen LogP contribution is -2.30. The van der Waals surface area contributed by atoms with Crippen LogP contribution >= 0.6 is 11.6 Å². The third kappa shape index (κ3) is 3.02. The Morgan fingerprint density at radius 3 is 2.62 bits per heavy atom. The lowest BCUT2D eigenvalue weighted by molar-refractivity contribution is 0.402. The quantitative estimate of drug-likeness (QED) is 0.669. The van der Waals surface area contributed by atoms with Crippen molar-refractivity contribution in [3.05, 3.63) is 63.4 Å². The minimum atomic E-state index is -0.542. The number of hydrogen-bond acceptors (Lipinski definition) is 3. The summed E-state index contributed by atoms with van der Waals surface area (Å²) in [4.78, 5) is 0. The van der Waals surface area contributed by atoms with E-state index < -0.39 is 11.9 Å². The van der Waals surface area contributed by atoms with E-state index in [1.54, 1.807) is 19.2 Å². The van der Waals surface area contributed by atoms with Gasteiger partial charge < -0.3 is 4.74 Å². The summed E-state index contributed by atoms with van der Waals surface area (Å²) in [5.74, 6) is 5.85. The molecule has 0 saturated carbocycles. The molecule has 5 heteroatoms. The van der Waals surface area contributed by atoms with Crippen LogP contribution in [-0.2, 0) is 0 Å². The number of benzene rings is 2. The third-order valence-corrected chi connectivity index (χ3v) is 3.75. The second-order valence-corrected chi connectivity index (χ2v) is 5.35. The Morgan fingerprint density at radius 2 is 2.00 bits per heavy atom. The third-order valence-electron chi connectivity index (χ3n) is 3.46. The van der Waals surface area contributed by atoms with Gasteiger partial charge in [0.1, 0.15) is 11.6 Å². The molecule has 3 nitrogen and oxygen atoms in total. The van der Waals surface area contributed by atoms with E-state index in [1.165, 1.54) is 6.07 Å². The first-order chi connectivity index (χ1) is 9.99. The van der Waals surface area contributed by atoms with Crippen LogP contribution < -0.4 is 16.0 Å². The number of methoxy groups -OCH3 is 1. The summed E-state index contributed by atoms with van der Waals surface area (Å²) in [7, 11) is 1.58. The topological polar surface area (TPSA) is 47.3 Å². The molecule has 0 spiro atoms. The van der Waals surface area contributed by atoms with Gasteiger partial charge in [0.25, 0.3) is 0 Å². The number of ether oxygens (including phenoxy) is 1. The first-order valence-corrected chi connectivity index (χ1v) is 6.92. The Morgan fingerprint density at radius 1 is 1.29 bits per heavy atom. The second-order valence-electron chi connectivity index (χ2n) is 4.94. The summed E-state index contributed by atoms with van der Waals surface area (Å²) in [6.45, 7) is 3.92. The standard InChI is InChI=1S/C16H18ClFN2O/c1-9-7-10(2)14(13(8-9)21-3)16(20-19)11-5-4-6-12(17)15(11)18/h4-8,16,20H,19H2,1-3H3. The van der Waals surface area contributed by atoms with E-state index >= 15 is 0 Å². The van der Waals surface area contributed by atoms with E-state index in [0.717, 1.165) is 16.7 Å². The molecule has 0 fully saturated rings. The van der Waals surface area contributed by atoms with Gasteiger partial charge in [-0.1, -0.05) is 29.8 Å². The number of aryl methyl sites for hydroxylation is 2. The molecule has 3 N–H and O–H groups in total. The number of hydrogen-bond donors (Lipinski definition) is 2. The van der Waals surface area contributed by atoms with Gasteiger partial charge in [-0.25, -0.2) is 9.82 Å². The summed E-state index contributed by atoms with van der Waals surface area (Å²) < 4.78 is 19.7. The largest absolute Gasteiger partial charge is 0.496 e. The van der Waals surface area contributed by atoms with Crippen molar-refractivity contribution < 1.29 is 9.13 Å². The van der Waals surface area contributed by atoms with E-state index in [9.17, 15) is 4.39 Å². The normalized spacial score (nSPS) is 12.3. The number of nitrogens with two attached hydrogens (primary N) is 1. The van der Waals surface area contributed by atoms with Gasteiger partial charge in [-0.05, 0) is 37.1 Å². The Kier molecular flexibility index (Phi) is 4.83. The van der Waals surface area contributed by atoms with Crippen LogP contribution in [0.15, 0.2) is 30.3 Å². The fourth-order valence-corrected chi connectivity index (χ4v) is 2.73. The molecular formula is C16H18ClFN2O. The molecule has 0 aliphatic carbocycles. The number of nitrogens with one attached hydrogen (secondary N) is 1. The highest BCUT2D eigenvalue weighted by Crippen LogP contribution is 2.35. The van der Waals surface area contributed by atoms with Crippen LogP contribution in [0.5, 0.6) is 5.75 Å². The summed E-state index contributed by atoms with van der Waals surface area (Å²) in [5.41, 5.74) is 5.87. The maximum atomic E-state index is 14.3. The highest BCUT2D eigenvalue weighted by Gasteiger charge is 2.23. The molecule has 2 rings (SSSR count). The molecule has 2 aromatic rings. The molecule has 1 atom stereocenters. The number of rotatable bonds is 4. The molecule has 2 aromatic carbocycles. The van der Waals surface area contributed by atoms with Crippen molar-refractivity contribution in [2.75, 3.05) is 7.11 Å². The van der Waals surface area contributed by atoms with Gasteiger partial charge in [-0.15, -0.1) is 0 Å².